The summed E-state index contributed by atoms with van der Waals surface area (Å²) < 4.78 is 5.86. The van der Waals surface area contributed by atoms with Crippen molar-refractivity contribution in [3.8, 4) is 0 Å². The van der Waals surface area contributed by atoms with Gasteiger partial charge in [0.25, 0.3) is 0 Å². The topological polar surface area (TPSA) is 119 Å². The van der Waals surface area contributed by atoms with Crippen molar-refractivity contribution in [1.82, 2.24) is 0 Å². The molecule has 4 saturated carbocycles. The van der Waals surface area contributed by atoms with Gasteiger partial charge in [-0.15, -0.1) is 0 Å². The summed E-state index contributed by atoms with van der Waals surface area (Å²) in [5, 5.41) is 23.6. The number of hydrogen-bond donors (Lipinski definition) is 2. The maximum absolute atomic E-state index is 14.7. The summed E-state index contributed by atoms with van der Waals surface area (Å²) in [6.07, 6.45) is 9.90. The molecule has 252 valence electrons. The second kappa shape index (κ2) is 10.6. The Bertz CT molecular complexity index is 1480. The van der Waals surface area contributed by atoms with Gasteiger partial charge in [-0.3, -0.25) is 19.6 Å². The van der Waals surface area contributed by atoms with Crippen LogP contribution in [0.1, 0.15) is 113 Å². The fraction of sp³-hybridized carbons (Fsp3) is 0.711. The standard InChI is InChI=1S/C38H53N2O6/c1-23(41)46-30-13-14-36(6)29(33(30,2)3)12-15-38(8)31(36)28(42)21-26-27-22-35(5,17-16-34(27,4)18-19-37(26,38)7)32(43)39-24-10-9-11-25(20-24)40(44)45/h9-11,20-21,27,29-31,44H,12-19,22H2,1-8H3,(H,39,43)/q-1/t27-,29+,30+,31+,34-,35+,36+,37-,38+/m0/s1. The maximum atomic E-state index is 14.7. The number of ketones is 1. The van der Waals surface area contributed by atoms with Crippen LogP contribution in [0, 0.1) is 55.5 Å². The van der Waals surface area contributed by atoms with Crippen LogP contribution in [0.15, 0.2) is 35.9 Å². The van der Waals surface area contributed by atoms with Gasteiger partial charge in [0.15, 0.2) is 5.78 Å². The van der Waals surface area contributed by atoms with E-state index in [1.54, 1.807) is 12.1 Å². The Kier molecular flexibility index (Phi) is 7.68. The number of carbonyl (C=O) groups excluding carboxylic acids is 3. The molecule has 9 atom stereocenters. The first-order valence-corrected chi connectivity index (χ1v) is 17.3. The zero-order chi connectivity index (χ0) is 33.7. The summed E-state index contributed by atoms with van der Waals surface area (Å²) in [4.78, 5) is 40.6. The number of ether oxygens (including phenoxy) is 1. The minimum Gasteiger partial charge on any atom is -0.733 e. The van der Waals surface area contributed by atoms with Crippen LogP contribution in [0.25, 0.3) is 0 Å². The molecule has 2 N–H and O–H groups in total. The van der Waals surface area contributed by atoms with Gasteiger partial charge in [0.1, 0.15) is 6.10 Å². The molecule has 1 aromatic carbocycles. The lowest BCUT2D eigenvalue weighted by Gasteiger charge is -2.70. The van der Waals surface area contributed by atoms with E-state index in [1.807, 2.05) is 13.0 Å². The Morgan fingerprint density at radius 3 is 2.35 bits per heavy atom. The summed E-state index contributed by atoms with van der Waals surface area (Å²) in [7, 11) is 0. The predicted molar refractivity (Wildman–Crippen MR) is 178 cm³/mol. The van der Waals surface area contributed by atoms with Gasteiger partial charge in [-0.05, 0) is 116 Å². The number of hydrogen-bond acceptors (Lipinski definition) is 7. The normalized spacial score (nSPS) is 42.7. The molecule has 5 aliphatic carbocycles. The zero-order valence-corrected chi connectivity index (χ0v) is 29.0. The van der Waals surface area contributed by atoms with Crippen molar-refractivity contribution in [3.05, 3.63) is 41.1 Å². The van der Waals surface area contributed by atoms with Crippen LogP contribution in [0.2, 0.25) is 0 Å². The third-order valence-corrected chi connectivity index (χ3v) is 14.7. The van der Waals surface area contributed by atoms with Gasteiger partial charge in [0.05, 0.1) is 5.69 Å². The van der Waals surface area contributed by atoms with Crippen LogP contribution in [0.4, 0.5) is 11.4 Å². The van der Waals surface area contributed by atoms with Crippen LogP contribution >= 0.6 is 0 Å². The number of benzene rings is 1. The van der Waals surface area contributed by atoms with E-state index in [-0.39, 0.29) is 79.5 Å². The molecule has 8 heteroatoms. The summed E-state index contributed by atoms with van der Waals surface area (Å²) in [6, 6.07) is 6.31. The Balaban J connectivity index is 1.33. The SMILES string of the molecule is CC(=O)O[C@@H]1CC[C@]2(C)[C@H](CC[C@]3(C)[C@@H]2C(=O)C=C2[C@@H]4C[C@](C)(C(=O)Nc5cccc(N([O-])O)c5)CC[C@@]4(C)CC[C@@]23C)C1(C)C. The number of nitrogens with zero attached hydrogens (tertiary/aromatic N) is 1. The van der Waals surface area contributed by atoms with Gasteiger partial charge < -0.3 is 20.5 Å². The molecular formula is C38H53N2O6-. The lowest BCUT2D eigenvalue weighted by molar-refractivity contribution is -0.210. The molecule has 0 unspecified atom stereocenters. The zero-order valence-electron chi connectivity index (χ0n) is 29.0. The molecule has 8 nitrogen and oxygen atoms in total. The van der Waals surface area contributed by atoms with Crippen molar-refractivity contribution in [2.24, 2.45) is 50.2 Å². The number of esters is 1. The second-order valence-corrected chi connectivity index (χ2v) is 17.5. The summed E-state index contributed by atoms with van der Waals surface area (Å²) >= 11 is 0. The molecular weight excluding hydrogens is 580 g/mol. The Morgan fingerprint density at radius 2 is 1.67 bits per heavy atom. The monoisotopic (exact) mass is 633 g/mol. The first-order chi connectivity index (χ1) is 21.3. The predicted octanol–water partition coefficient (Wildman–Crippen LogP) is 8.23. The van der Waals surface area contributed by atoms with Crippen molar-refractivity contribution in [2.45, 2.75) is 119 Å². The minimum absolute atomic E-state index is 0.0135. The molecule has 6 rings (SSSR count). The third kappa shape index (κ3) is 4.71. The third-order valence-electron chi connectivity index (χ3n) is 14.7. The Hall–Kier alpha value is -2.71. The van der Waals surface area contributed by atoms with Gasteiger partial charge in [-0.25, -0.2) is 0 Å². The van der Waals surface area contributed by atoms with Gasteiger partial charge in [0.2, 0.25) is 5.91 Å². The number of fused-ring (bicyclic) bond motifs is 7. The van der Waals surface area contributed by atoms with E-state index in [2.05, 4.69) is 46.9 Å². The molecule has 0 saturated heterocycles. The van der Waals surface area contributed by atoms with Gasteiger partial charge in [0, 0.05) is 29.4 Å². The van der Waals surface area contributed by atoms with E-state index in [9.17, 15) is 24.8 Å². The molecule has 0 aliphatic heterocycles. The summed E-state index contributed by atoms with van der Waals surface area (Å²) in [6.45, 7) is 17.5. The highest BCUT2D eigenvalue weighted by atomic mass is 16.8. The van der Waals surface area contributed by atoms with Crippen LogP contribution < -0.4 is 10.5 Å². The Morgan fingerprint density at radius 1 is 0.978 bits per heavy atom. The van der Waals surface area contributed by atoms with Crippen molar-refractivity contribution in [2.75, 3.05) is 10.5 Å². The highest BCUT2D eigenvalue weighted by Gasteiger charge is 2.70. The lowest BCUT2D eigenvalue weighted by atomic mass is 9.33. The highest BCUT2D eigenvalue weighted by molar-refractivity contribution is 5.97. The molecule has 0 aromatic heterocycles. The first-order valence-electron chi connectivity index (χ1n) is 17.3. The second-order valence-electron chi connectivity index (χ2n) is 17.5. The van der Waals surface area contributed by atoms with E-state index in [0.717, 1.165) is 51.4 Å². The Labute approximate surface area is 274 Å². The fourth-order valence-electron chi connectivity index (χ4n) is 11.8. The van der Waals surface area contributed by atoms with Gasteiger partial charge in [-0.1, -0.05) is 60.1 Å². The van der Waals surface area contributed by atoms with Gasteiger partial charge >= 0.3 is 5.97 Å². The van der Waals surface area contributed by atoms with Crippen molar-refractivity contribution in [1.29, 1.82) is 0 Å². The summed E-state index contributed by atoms with van der Waals surface area (Å²) in [5.74, 6) is 0.190. The molecule has 46 heavy (non-hydrogen) atoms. The van der Waals surface area contributed by atoms with E-state index in [1.165, 1.54) is 24.6 Å². The average Bonchev–Trinajstić information content (AvgIpc) is 2.96. The molecule has 1 aromatic rings. The van der Waals surface area contributed by atoms with E-state index in [4.69, 9.17) is 4.74 Å². The van der Waals surface area contributed by atoms with E-state index >= 15 is 0 Å². The lowest BCUT2D eigenvalue weighted by Crippen LogP contribution is -2.66. The highest BCUT2D eigenvalue weighted by Crippen LogP contribution is 2.75. The molecule has 5 aliphatic rings. The van der Waals surface area contributed by atoms with E-state index in [0.29, 0.717) is 12.1 Å². The quantitative estimate of drug-likeness (QED) is 0.253. The number of amides is 1. The molecule has 0 radical (unpaired) electrons. The number of allylic oxidation sites excluding steroid dienone is 2. The maximum Gasteiger partial charge on any atom is 0.302 e. The number of nitrogens with one attached hydrogen (secondary N) is 1. The number of rotatable bonds is 4. The molecule has 0 heterocycles. The average molecular weight is 634 g/mol. The van der Waals surface area contributed by atoms with Crippen LogP contribution in [0.5, 0.6) is 0 Å². The number of anilines is 2. The molecule has 0 spiro atoms. The van der Waals surface area contributed by atoms with Crippen LogP contribution in [-0.2, 0) is 19.1 Å². The minimum atomic E-state index is -0.654. The smallest absolute Gasteiger partial charge is 0.302 e. The summed E-state index contributed by atoms with van der Waals surface area (Å²) in [5.41, 5.74) is 0.346. The van der Waals surface area contributed by atoms with Crippen molar-refractivity contribution < 1.29 is 24.3 Å². The molecule has 1 amide bonds. The van der Waals surface area contributed by atoms with Crippen molar-refractivity contribution >= 4 is 29.0 Å². The molecule has 0 bridgehead atoms. The molecule has 4 fully saturated rings. The van der Waals surface area contributed by atoms with E-state index < -0.39 is 5.41 Å². The first kappa shape index (κ1) is 33.2. The largest absolute Gasteiger partial charge is 0.733 e. The van der Waals surface area contributed by atoms with Gasteiger partial charge in [-0.2, -0.15) is 0 Å². The van der Waals surface area contributed by atoms with Crippen LogP contribution in [0.3, 0.4) is 0 Å². The van der Waals surface area contributed by atoms with Crippen LogP contribution in [-0.4, -0.2) is 29.0 Å². The number of carbonyl (C=O) groups is 3. The van der Waals surface area contributed by atoms with Crippen molar-refractivity contribution in [3.63, 3.8) is 0 Å². The fourth-order valence-corrected chi connectivity index (χ4v) is 11.8.